The summed E-state index contributed by atoms with van der Waals surface area (Å²) in [4.78, 5) is 25.4. The number of hydrogen-bond acceptors (Lipinski definition) is 8. The molecule has 0 fully saturated rings. The molecule has 244 valence electrons. The highest BCUT2D eigenvalue weighted by molar-refractivity contribution is 6.01. The summed E-state index contributed by atoms with van der Waals surface area (Å²) in [7, 11) is 0. The number of carbonyl (C=O) groups excluding carboxylic acids is 1. The smallest absolute Gasteiger partial charge is 0.266 e. The average molecular weight is 650 g/mol. The second-order valence-corrected chi connectivity index (χ2v) is 10.8. The van der Waals surface area contributed by atoms with Crippen molar-refractivity contribution in [3.8, 4) is 5.75 Å². The van der Waals surface area contributed by atoms with Gasteiger partial charge in [-0.05, 0) is 69.7 Å². The van der Waals surface area contributed by atoms with Crippen molar-refractivity contribution in [3.63, 3.8) is 0 Å². The number of rotatable bonds is 15. The van der Waals surface area contributed by atoms with Gasteiger partial charge in [-0.2, -0.15) is 0 Å². The van der Waals surface area contributed by atoms with E-state index in [1.807, 2.05) is 0 Å². The Labute approximate surface area is 275 Å². The van der Waals surface area contributed by atoms with Crippen LogP contribution in [0.1, 0.15) is 40.3 Å². The molecule has 0 bridgehead atoms. The van der Waals surface area contributed by atoms with Crippen molar-refractivity contribution in [3.05, 3.63) is 152 Å². The number of aliphatic hydroxyl groups excluding tert-OH is 1. The predicted molar refractivity (Wildman–Crippen MR) is 176 cm³/mol. The van der Waals surface area contributed by atoms with E-state index in [-0.39, 0.29) is 37.8 Å². The molecule has 1 heterocycles. The Kier molecular flexibility index (Phi) is 11.2. The minimum absolute atomic E-state index is 0.00241. The number of halogens is 1. The van der Waals surface area contributed by atoms with E-state index in [2.05, 4.69) is 30.9 Å². The van der Waals surface area contributed by atoms with Crippen molar-refractivity contribution in [2.45, 2.75) is 37.6 Å². The molecule has 0 radical (unpaired) electrons. The summed E-state index contributed by atoms with van der Waals surface area (Å²) in [5, 5.41) is 16.7. The number of benzene rings is 4. The van der Waals surface area contributed by atoms with Gasteiger partial charge in [-0.3, -0.25) is 10.2 Å². The third-order valence-corrected chi connectivity index (χ3v) is 7.68. The highest BCUT2D eigenvalue weighted by Gasteiger charge is 2.54. The zero-order valence-electron chi connectivity index (χ0n) is 25.7. The topological polar surface area (TPSA) is 190 Å². The van der Waals surface area contributed by atoms with Gasteiger partial charge < -0.3 is 14.6 Å². The minimum atomic E-state index is -1.67. The molecule has 1 amide bonds. The zero-order chi connectivity index (χ0) is 33.8. The molecule has 4 aromatic carbocycles. The van der Waals surface area contributed by atoms with Crippen LogP contribution in [-0.4, -0.2) is 35.7 Å². The summed E-state index contributed by atoms with van der Waals surface area (Å²) >= 11 is 0. The quantitative estimate of drug-likeness (QED) is 0.0426. The number of nitrogens with zero attached hydrogens (tertiary/aromatic N) is 7. The molecule has 1 aliphatic rings. The van der Waals surface area contributed by atoms with Gasteiger partial charge >= 0.3 is 0 Å². The molecule has 0 saturated heterocycles. The van der Waals surface area contributed by atoms with Gasteiger partial charge in [0.05, 0.1) is 13.2 Å². The first-order chi connectivity index (χ1) is 23.5. The van der Waals surface area contributed by atoms with Crippen LogP contribution in [0.2, 0.25) is 0 Å². The van der Waals surface area contributed by atoms with Crippen LogP contribution in [0, 0.1) is 5.82 Å². The Hall–Kier alpha value is -5.91. The van der Waals surface area contributed by atoms with E-state index in [0.29, 0.717) is 46.7 Å². The van der Waals surface area contributed by atoms with Gasteiger partial charge in [0, 0.05) is 47.1 Å². The first kappa shape index (κ1) is 33.5. The third-order valence-electron chi connectivity index (χ3n) is 7.68. The molecule has 1 aliphatic heterocycles. The second-order valence-electron chi connectivity index (χ2n) is 10.8. The van der Waals surface area contributed by atoms with Crippen LogP contribution in [0.25, 0.3) is 20.9 Å². The fourth-order valence-corrected chi connectivity index (χ4v) is 5.33. The van der Waals surface area contributed by atoms with Crippen LogP contribution < -0.4 is 15.6 Å². The second kappa shape index (κ2) is 16.1. The number of azide groups is 2. The predicted octanol–water partition coefficient (Wildman–Crippen LogP) is 6.66. The van der Waals surface area contributed by atoms with Crippen LogP contribution in [0.3, 0.4) is 0 Å². The SMILES string of the molecule is [N-]=[N+]=NCc1ccccc1[C@@H]1OC(c2ccc(OCCCO)cc2)=N[C@]1(Cc1ccccc1N=[N+]=[N-])C(=O)NNCc1ccc(F)cc1. The summed E-state index contributed by atoms with van der Waals surface area (Å²) in [5.41, 5.74) is 25.8. The number of carbonyl (C=O) groups is 1. The Morgan fingerprint density at radius 2 is 1.71 bits per heavy atom. The molecule has 3 N–H and O–H groups in total. The summed E-state index contributed by atoms with van der Waals surface area (Å²) < 4.78 is 25.7. The van der Waals surface area contributed by atoms with Gasteiger partial charge in [-0.1, -0.05) is 70.9 Å². The van der Waals surface area contributed by atoms with E-state index in [9.17, 15) is 14.7 Å². The molecule has 0 saturated carbocycles. The number of aliphatic hydroxyl groups is 1. The van der Waals surface area contributed by atoms with E-state index in [1.165, 1.54) is 12.1 Å². The fourth-order valence-electron chi connectivity index (χ4n) is 5.33. The molecular weight excluding hydrogens is 617 g/mol. The van der Waals surface area contributed by atoms with Gasteiger partial charge in [-0.15, -0.1) is 0 Å². The first-order valence-electron chi connectivity index (χ1n) is 15.1. The van der Waals surface area contributed by atoms with Crippen LogP contribution >= 0.6 is 0 Å². The van der Waals surface area contributed by atoms with E-state index in [1.54, 1.807) is 84.9 Å². The molecule has 5 rings (SSSR count). The maximum absolute atomic E-state index is 14.5. The summed E-state index contributed by atoms with van der Waals surface area (Å²) in [6, 6.07) is 26.9. The van der Waals surface area contributed by atoms with Crippen molar-refractivity contribution in [2.24, 2.45) is 15.2 Å². The summed E-state index contributed by atoms with van der Waals surface area (Å²) in [5.74, 6) is -0.171. The minimum Gasteiger partial charge on any atom is -0.494 e. The first-order valence-corrected chi connectivity index (χ1v) is 15.1. The van der Waals surface area contributed by atoms with E-state index in [0.717, 1.165) is 5.56 Å². The van der Waals surface area contributed by atoms with Gasteiger partial charge in [0.25, 0.3) is 5.91 Å². The molecule has 2 atom stereocenters. The lowest BCUT2D eigenvalue weighted by Gasteiger charge is -2.32. The Morgan fingerprint density at radius 1 is 0.979 bits per heavy atom. The zero-order valence-corrected chi connectivity index (χ0v) is 25.7. The highest BCUT2D eigenvalue weighted by Crippen LogP contribution is 2.44. The van der Waals surface area contributed by atoms with Crippen molar-refractivity contribution < 1.29 is 23.8 Å². The van der Waals surface area contributed by atoms with Crippen molar-refractivity contribution in [1.82, 2.24) is 10.9 Å². The molecule has 13 nitrogen and oxygen atoms in total. The number of hydrogen-bond donors (Lipinski definition) is 3. The number of nitrogens with one attached hydrogen (secondary N) is 2. The van der Waals surface area contributed by atoms with E-state index >= 15 is 0 Å². The number of aliphatic imine (C=N–C) groups is 1. The van der Waals surface area contributed by atoms with Crippen LogP contribution in [0.15, 0.2) is 112 Å². The monoisotopic (exact) mass is 649 g/mol. The molecule has 0 aromatic heterocycles. The molecule has 14 heteroatoms. The molecule has 0 unspecified atom stereocenters. The molecule has 0 spiro atoms. The Balaban J connectivity index is 1.60. The van der Waals surface area contributed by atoms with Crippen molar-refractivity contribution in [1.29, 1.82) is 0 Å². The molecule has 0 aliphatic carbocycles. The molecule has 4 aromatic rings. The van der Waals surface area contributed by atoms with E-state index in [4.69, 9.17) is 25.1 Å². The lowest BCUT2D eigenvalue weighted by molar-refractivity contribution is -0.130. The van der Waals surface area contributed by atoms with Crippen molar-refractivity contribution in [2.75, 3.05) is 13.2 Å². The largest absolute Gasteiger partial charge is 0.494 e. The normalized spacial score (nSPS) is 16.5. The third kappa shape index (κ3) is 7.89. The van der Waals surface area contributed by atoms with E-state index < -0.39 is 17.6 Å². The fraction of sp³-hybridized carbons (Fsp3) is 0.235. The van der Waals surface area contributed by atoms with Crippen LogP contribution in [-0.2, 0) is 29.0 Å². The van der Waals surface area contributed by atoms with Crippen LogP contribution in [0.4, 0.5) is 10.1 Å². The highest BCUT2D eigenvalue weighted by atomic mass is 19.1. The average Bonchev–Trinajstić information content (AvgIpc) is 3.50. The summed E-state index contributed by atoms with van der Waals surface area (Å²) in [6.07, 6.45) is -0.582. The number of amides is 1. The molecular formula is C34H32FN9O4. The van der Waals surface area contributed by atoms with Gasteiger partial charge in [0.2, 0.25) is 5.90 Å². The lowest BCUT2D eigenvalue weighted by atomic mass is 9.80. The Morgan fingerprint density at radius 3 is 2.44 bits per heavy atom. The number of hydrazine groups is 1. The summed E-state index contributed by atoms with van der Waals surface area (Å²) in [6.45, 7) is 0.537. The number of ether oxygens (including phenoxy) is 2. The maximum atomic E-state index is 14.5. The molecule has 48 heavy (non-hydrogen) atoms. The Bertz CT molecular complexity index is 1860. The van der Waals surface area contributed by atoms with Crippen molar-refractivity contribution >= 4 is 17.5 Å². The van der Waals surface area contributed by atoms with Gasteiger partial charge in [-0.25, -0.2) is 14.8 Å². The van der Waals surface area contributed by atoms with Gasteiger partial charge in [0.15, 0.2) is 11.6 Å². The maximum Gasteiger partial charge on any atom is 0.266 e. The lowest BCUT2D eigenvalue weighted by Crippen LogP contribution is -2.53. The van der Waals surface area contributed by atoms with Crippen LogP contribution in [0.5, 0.6) is 5.75 Å². The standard InChI is InChI=1S/C34H32FN9O4/c35-27-14-10-23(11-15-27)21-38-42-33(46)34(20-25-6-2-4-9-30(25)41-44-37)31(29-8-3-1-7-26(29)22-39-43-36)48-32(40-34)24-12-16-28(17-13-24)47-19-5-18-45/h1-4,6-17,31,38,45H,5,18-22H2,(H,42,46)/t31-,34-/m0/s1. The van der Waals surface area contributed by atoms with Gasteiger partial charge in [0.1, 0.15) is 11.6 Å².